The number of carbonyl (C=O) groups is 1. The van der Waals surface area contributed by atoms with Crippen molar-refractivity contribution in [1.29, 1.82) is 0 Å². The van der Waals surface area contributed by atoms with Crippen molar-refractivity contribution in [1.82, 2.24) is 14.8 Å². The fourth-order valence-electron chi connectivity index (χ4n) is 3.66. The molecule has 4 rings (SSSR count). The third-order valence-electron chi connectivity index (χ3n) is 5.17. The highest BCUT2D eigenvalue weighted by atomic mass is 35.5. The summed E-state index contributed by atoms with van der Waals surface area (Å²) in [6, 6.07) is 14.4. The number of methoxy groups -OCH3 is 1. The average Bonchev–Trinajstić information content (AvgIpc) is 2.99. The van der Waals surface area contributed by atoms with Gasteiger partial charge in [-0.2, -0.15) is 0 Å². The van der Waals surface area contributed by atoms with E-state index in [4.69, 9.17) is 16.3 Å². The largest absolute Gasteiger partial charge is 0.496 e. The van der Waals surface area contributed by atoms with Crippen LogP contribution in [0.15, 0.2) is 48.5 Å². The number of aryl methyl sites for hydroxylation is 1. The summed E-state index contributed by atoms with van der Waals surface area (Å²) in [5.41, 5.74) is 1.50. The van der Waals surface area contributed by atoms with Crippen LogP contribution in [0, 0.1) is 0 Å². The molecule has 0 aliphatic carbocycles. The second kappa shape index (κ2) is 9.17. The lowest BCUT2D eigenvalue weighted by Crippen LogP contribution is -2.36. The van der Waals surface area contributed by atoms with Crippen molar-refractivity contribution in [3.05, 3.63) is 64.9 Å². The quantitative estimate of drug-likeness (QED) is 0.630. The first-order valence-electron chi connectivity index (χ1n) is 10.0. The molecule has 2 heterocycles. The van der Waals surface area contributed by atoms with E-state index in [1.54, 1.807) is 36.3 Å². The second-order valence-corrected chi connectivity index (χ2v) is 7.65. The van der Waals surface area contributed by atoms with Crippen molar-refractivity contribution < 1.29 is 9.53 Å². The van der Waals surface area contributed by atoms with Gasteiger partial charge in [-0.3, -0.25) is 9.47 Å². The Morgan fingerprint density at radius 3 is 2.87 bits per heavy atom. The Labute approximate surface area is 180 Å². The molecule has 0 bridgehead atoms. The molecule has 3 aromatic rings. The number of hydrogen-bond acceptors (Lipinski definition) is 4. The van der Waals surface area contributed by atoms with Gasteiger partial charge in [0.2, 0.25) is 5.95 Å². The molecule has 8 heteroatoms. The lowest BCUT2D eigenvalue weighted by molar-refractivity contribution is 0.256. The van der Waals surface area contributed by atoms with Crippen LogP contribution in [0.4, 0.5) is 16.4 Å². The van der Waals surface area contributed by atoms with Crippen LogP contribution in [0.5, 0.6) is 5.75 Å². The number of benzene rings is 2. The molecule has 0 radical (unpaired) electrons. The van der Waals surface area contributed by atoms with Crippen molar-refractivity contribution >= 4 is 29.3 Å². The van der Waals surface area contributed by atoms with Gasteiger partial charge < -0.3 is 10.1 Å². The summed E-state index contributed by atoms with van der Waals surface area (Å²) in [6.07, 6.45) is 4.13. The predicted molar refractivity (Wildman–Crippen MR) is 117 cm³/mol. The van der Waals surface area contributed by atoms with Crippen LogP contribution in [0.2, 0.25) is 5.02 Å². The van der Waals surface area contributed by atoms with Crippen LogP contribution in [0.25, 0.3) is 0 Å². The molecule has 30 heavy (non-hydrogen) atoms. The smallest absolute Gasteiger partial charge is 0.329 e. The average molecular weight is 426 g/mol. The molecule has 156 valence electrons. The predicted octanol–water partition coefficient (Wildman–Crippen LogP) is 4.91. The monoisotopic (exact) mass is 425 g/mol. The standard InChI is InChI=1S/C22H24ClN5O2/c1-30-19-11-5-4-8-16(19)15-28(22(29)24-18-10-7-9-17(23)14-18)21-26-25-20-12-3-2-6-13-27(20)21/h4-5,7-11,14H,2-3,6,12-13,15H2,1H3,(H,24,29). The molecule has 2 aromatic carbocycles. The molecule has 1 N–H and O–H groups in total. The zero-order valence-electron chi connectivity index (χ0n) is 16.8. The fraction of sp³-hybridized carbons (Fsp3) is 0.318. The molecular formula is C22H24ClN5O2. The number of carbonyl (C=O) groups excluding carboxylic acids is 1. The second-order valence-electron chi connectivity index (χ2n) is 7.22. The number of hydrogen-bond donors (Lipinski definition) is 1. The molecule has 0 atom stereocenters. The summed E-state index contributed by atoms with van der Waals surface area (Å²) >= 11 is 6.08. The molecule has 0 saturated heterocycles. The number of fused-ring (bicyclic) bond motifs is 1. The lowest BCUT2D eigenvalue weighted by atomic mass is 10.2. The van der Waals surface area contributed by atoms with Gasteiger partial charge in [0.15, 0.2) is 0 Å². The van der Waals surface area contributed by atoms with Crippen LogP contribution in [0.3, 0.4) is 0 Å². The number of nitrogens with one attached hydrogen (secondary N) is 1. The molecule has 1 aromatic heterocycles. The zero-order chi connectivity index (χ0) is 20.9. The Morgan fingerprint density at radius 2 is 2.03 bits per heavy atom. The van der Waals surface area contributed by atoms with Crippen molar-refractivity contribution in [3.63, 3.8) is 0 Å². The zero-order valence-corrected chi connectivity index (χ0v) is 17.6. The Hall–Kier alpha value is -3.06. The minimum atomic E-state index is -0.303. The van der Waals surface area contributed by atoms with E-state index in [1.807, 2.05) is 24.3 Å². The Morgan fingerprint density at radius 1 is 1.17 bits per heavy atom. The Kier molecular flexibility index (Phi) is 6.18. The third-order valence-corrected chi connectivity index (χ3v) is 5.41. The van der Waals surface area contributed by atoms with Crippen molar-refractivity contribution in [3.8, 4) is 5.75 Å². The molecule has 1 aliphatic rings. The van der Waals surface area contributed by atoms with Gasteiger partial charge in [0.05, 0.1) is 13.7 Å². The highest BCUT2D eigenvalue weighted by molar-refractivity contribution is 6.30. The number of para-hydroxylation sites is 1. The number of urea groups is 1. The number of amides is 2. The van der Waals surface area contributed by atoms with Gasteiger partial charge in [0.25, 0.3) is 0 Å². The van der Waals surface area contributed by atoms with Gasteiger partial charge in [0, 0.05) is 29.2 Å². The van der Waals surface area contributed by atoms with Gasteiger partial charge in [-0.1, -0.05) is 42.3 Å². The highest BCUT2D eigenvalue weighted by Gasteiger charge is 2.26. The Balaban J connectivity index is 1.69. The molecule has 0 unspecified atom stereocenters. The van der Waals surface area contributed by atoms with Crippen LogP contribution in [-0.4, -0.2) is 27.9 Å². The maximum atomic E-state index is 13.3. The first-order valence-corrected chi connectivity index (χ1v) is 10.4. The summed E-state index contributed by atoms with van der Waals surface area (Å²) in [5.74, 6) is 2.18. The molecule has 0 fully saturated rings. The molecule has 2 amide bonds. The number of ether oxygens (including phenoxy) is 1. The van der Waals surface area contributed by atoms with Crippen molar-refractivity contribution in [2.24, 2.45) is 0 Å². The molecule has 1 aliphatic heterocycles. The van der Waals surface area contributed by atoms with Gasteiger partial charge in [-0.15, -0.1) is 10.2 Å². The summed E-state index contributed by atoms with van der Waals surface area (Å²) in [7, 11) is 1.62. The highest BCUT2D eigenvalue weighted by Crippen LogP contribution is 2.26. The maximum Gasteiger partial charge on any atom is 0.329 e. The van der Waals surface area contributed by atoms with E-state index in [1.165, 1.54) is 0 Å². The van der Waals surface area contributed by atoms with Crippen LogP contribution >= 0.6 is 11.6 Å². The topological polar surface area (TPSA) is 72.3 Å². The molecule has 0 saturated carbocycles. The number of anilines is 2. The number of rotatable bonds is 5. The van der Waals surface area contributed by atoms with Crippen LogP contribution < -0.4 is 15.0 Å². The first-order chi connectivity index (χ1) is 14.7. The van der Waals surface area contributed by atoms with E-state index in [0.717, 1.165) is 43.6 Å². The SMILES string of the molecule is COc1ccccc1CN(C(=O)Nc1cccc(Cl)c1)c1nnc2n1CCCCC2. The summed E-state index contributed by atoms with van der Waals surface area (Å²) in [4.78, 5) is 15.0. The van der Waals surface area contributed by atoms with E-state index in [-0.39, 0.29) is 6.03 Å². The van der Waals surface area contributed by atoms with Gasteiger partial charge in [0.1, 0.15) is 11.6 Å². The number of halogens is 1. The van der Waals surface area contributed by atoms with E-state index in [2.05, 4.69) is 20.1 Å². The molecular weight excluding hydrogens is 402 g/mol. The summed E-state index contributed by atoms with van der Waals surface area (Å²) in [6.45, 7) is 1.10. The first kappa shape index (κ1) is 20.2. The van der Waals surface area contributed by atoms with E-state index >= 15 is 0 Å². The number of nitrogens with zero attached hydrogens (tertiary/aromatic N) is 4. The minimum Gasteiger partial charge on any atom is -0.496 e. The number of aromatic nitrogens is 3. The lowest BCUT2D eigenvalue weighted by Gasteiger charge is -2.24. The molecule has 7 nitrogen and oxygen atoms in total. The van der Waals surface area contributed by atoms with E-state index in [0.29, 0.717) is 29.0 Å². The Bertz CT molecular complexity index is 1040. The van der Waals surface area contributed by atoms with Crippen molar-refractivity contribution in [2.45, 2.75) is 38.8 Å². The van der Waals surface area contributed by atoms with Gasteiger partial charge in [-0.05, 0) is 37.1 Å². The van der Waals surface area contributed by atoms with E-state index in [9.17, 15) is 4.79 Å². The van der Waals surface area contributed by atoms with Gasteiger partial charge in [-0.25, -0.2) is 4.79 Å². The normalized spacial score (nSPS) is 13.3. The van der Waals surface area contributed by atoms with Gasteiger partial charge >= 0.3 is 6.03 Å². The maximum absolute atomic E-state index is 13.3. The summed E-state index contributed by atoms with van der Waals surface area (Å²) in [5, 5.41) is 12.2. The minimum absolute atomic E-state index is 0.300. The van der Waals surface area contributed by atoms with Crippen LogP contribution in [-0.2, 0) is 19.5 Å². The van der Waals surface area contributed by atoms with E-state index < -0.39 is 0 Å². The summed E-state index contributed by atoms with van der Waals surface area (Å²) < 4.78 is 7.55. The van der Waals surface area contributed by atoms with Crippen molar-refractivity contribution in [2.75, 3.05) is 17.3 Å². The third kappa shape index (κ3) is 4.41. The molecule has 0 spiro atoms. The fourth-order valence-corrected chi connectivity index (χ4v) is 3.85. The van der Waals surface area contributed by atoms with Crippen LogP contribution in [0.1, 0.15) is 30.7 Å².